The van der Waals surface area contributed by atoms with Gasteiger partial charge in [-0.25, -0.2) is 12.8 Å². The summed E-state index contributed by atoms with van der Waals surface area (Å²) in [4.78, 5) is 13.6. The Morgan fingerprint density at radius 1 is 1.42 bits per heavy atom. The van der Waals surface area contributed by atoms with Crippen LogP contribution in [-0.4, -0.2) is 43.8 Å². The predicted molar refractivity (Wildman–Crippen MR) is 97.1 cm³/mol. The fourth-order valence-electron chi connectivity index (χ4n) is 2.88. The molecule has 0 aliphatic carbocycles. The van der Waals surface area contributed by atoms with E-state index >= 15 is 0 Å². The number of benzene rings is 1. The van der Waals surface area contributed by atoms with Gasteiger partial charge in [0.2, 0.25) is 5.91 Å². The molecule has 1 saturated heterocycles. The van der Waals surface area contributed by atoms with E-state index in [1.165, 1.54) is 17.0 Å². The predicted octanol–water partition coefficient (Wildman–Crippen LogP) is 2.32. The van der Waals surface area contributed by atoms with Crippen molar-refractivity contribution in [1.82, 2.24) is 4.90 Å². The monoisotopic (exact) mass is 384 g/mol. The van der Waals surface area contributed by atoms with Crippen LogP contribution in [0.2, 0.25) is 0 Å². The van der Waals surface area contributed by atoms with Crippen LogP contribution in [0.15, 0.2) is 35.0 Å². The Hall–Kier alpha value is -1.93. The van der Waals surface area contributed by atoms with E-state index in [0.717, 1.165) is 0 Å². The molecule has 0 aromatic heterocycles. The third kappa shape index (κ3) is 4.42. The molecular weight excluding hydrogens is 359 g/mol. The first-order valence-electron chi connectivity index (χ1n) is 8.35. The molecule has 1 aromatic carbocycles. The summed E-state index contributed by atoms with van der Waals surface area (Å²) in [6, 6.07) is 4.55. The van der Waals surface area contributed by atoms with E-state index in [0.29, 0.717) is 36.1 Å². The molecule has 2 N–H and O–H groups in total. The standard InChI is InChI=1S/C18H25FN2O4S/c1-13-8-15(25-11-14(9-19)10-20)4-5-16(13)26(23,24)12-21-17(22)6-7-18(21,2)3/h4-5,8-9H,6-7,10-12,20H2,1-3H3/b14-9+. The lowest BCUT2D eigenvalue weighted by Crippen LogP contribution is -2.43. The fraction of sp³-hybridized carbons (Fsp3) is 0.500. The first kappa shape index (κ1) is 20.4. The minimum Gasteiger partial charge on any atom is -0.489 e. The van der Waals surface area contributed by atoms with Crippen LogP contribution in [0.4, 0.5) is 4.39 Å². The maximum atomic E-state index is 12.8. The van der Waals surface area contributed by atoms with E-state index in [1.54, 1.807) is 13.0 Å². The Bertz CT molecular complexity index is 818. The number of hydrogen-bond donors (Lipinski definition) is 1. The van der Waals surface area contributed by atoms with Crippen molar-refractivity contribution in [2.24, 2.45) is 5.73 Å². The van der Waals surface area contributed by atoms with Gasteiger partial charge in [-0.1, -0.05) is 0 Å². The number of nitrogens with two attached hydrogens (primary N) is 1. The molecule has 0 spiro atoms. The van der Waals surface area contributed by atoms with Crippen molar-refractivity contribution in [3.63, 3.8) is 0 Å². The number of hydrogen-bond acceptors (Lipinski definition) is 5. The summed E-state index contributed by atoms with van der Waals surface area (Å²) in [5, 5.41) is 0. The van der Waals surface area contributed by atoms with Crippen LogP contribution < -0.4 is 10.5 Å². The van der Waals surface area contributed by atoms with Crippen LogP contribution in [0.25, 0.3) is 0 Å². The molecule has 1 aromatic rings. The summed E-state index contributed by atoms with van der Waals surface area (Å²) in [5.74, 6) is -0.0720. The SMILES string of the molecule is Cc1cc(OC/C(=C/F)CN)ccc1S(=O)(=O)CN1C(=O)CCC1(C)C. The van der Waals surface area contributed by atoms with E-state index in [9.17, 15) is 17.6 Å². The second kappa shape index (κ2) is 7.75. The first-order valence-corrected chi connectivity index (χ1v) is 10.0. The van der Waals surface area contributed by atoms with E-state index in [1.807, 2.05) is 13.8 Å². The van der Waals surface area contributed by atoms with Gasteiger partial charge in [-0.2, -0.15) is 0 Å². The quantitative estimate of drug-likeness (QED) is 0.779. The Balaban J connectivity index is 2.18. The third-order valence-corrected chi connectivity index (χ3v) is 6.33. The van der Waals surface area contributed by atoms with Crippen molar-refractivity contribution in [2.45, 2.75) is 44.0 Å². The zero-order chi connectivity index (χ0) is 19.5. The highest BCUT2D eigenvalue weighted by Crippen LogP contribution is 2.32. The van der Waals surface area contributed by atoms with Crippen LogP contribution in [-0.2, 0) is 14.6 Å². The van der Waals surface area contributed by atoms with E-state index in [2.05, 4.69) is 0 Å². The lowest BCUT2D eigenvalue weighted by molar-refractivity contribution is -0.129. The summed E-state index contributed by atoms with van der Waals surface area (Å²) in [6.45, 7) is 5.43. The van der Waals surface area contributed by atoms with Gasteiger partial charge < -0.3 is 15.4 Å². The first-order chi connectivity index (χ1) is 12.1. The van der Waals surface area contributed by atoms with E-state index in [-0.39, 0.29) is 29.8 Å². The van der Waals surface area contributed by atoms with Gasteiger partial charge in [0.15, 0.2) is 9.84 Å². The Morgan fingerprint density at radius 2 is 2.12 bits per heavy atom. The van der Waals surface area contributed by atoms with E-state index in [4.69, 9.17) is 10.5 Å². The molecule has 8 heteroatoms. The van der Waals surface area contributed by atoms with Crippen molar-refractivity contribution >= 4 is 15.7 Å². The Morgan fingerprint density at radius 3 is 2.62 bits per heavy atom. The van der Waals surface area contributed by atoms with Gasteiger partial charge in [-0.05, 0) is 51.0 Å². The number of halogens is 1. The smallest absolute Gasteiger partial charge is 0.223 e. The van der Waals surface area contributed by atoms with Crippen LogP contribution in [0.3, 0.4) is 0 Å². The Kier molecular flexibility index (Phi) is 6.08. The van der Waals surface area contributed by atoms with E-state index < -0.39 is 15.4 Å². The zero-order valence-electron chi connectivity index (χ0n) is 15.3. The second-order valence-electron chi connectivity index (χ2n) is 7.07. The normalized spacial score (nSPS) is 17.7. The second-order valence-corrected chi connectivity index (χ2v) is 8.99. The molecule has 144 valence electrons. The van der Waals surface area contributed by atoms with Crippen LogP contribution in [0.5, 0.6) is 5.75 Å². The highest BCUT2D eigenvalue weighted by atomic mass is 32.2. The molecule has 1 amide bonds. The molecule has 1 aliphatic rings. The lowest BCUT2D eigenvalue weighted by atomic mass is 10.0. The number of carbonyl (C=O) groups excluding carboxylic acids is 1. The van der Waals surface area contributed by atoms with Gasteiger partial charge in [-0.15, -0.1) is 0 Å². The lowest BCUT2D eigenvalue weighted by Gasteiger charge is -2.31. The molecule has 0 bridgehead atoms. The van der Waals surface area contributed by atoms with Gasteiger partial charge >= 0.3 is 0 Å². The number of amides is 1. The minimum absolute atomic E-state index is 0.00495. The summed E-state index contributed by atoms with van der Waals surface area (Å²) in [7, 11) is -3.68. The number of rotatable bonds is 7. The van der Waals surface area contributed by atoms with Crippen molar-refractivity contribution in [3.8, 4) is 5.75 Å². The average molecular weight is 384 g/mol. The maximum absolute atomic E-state index is 12.8. The number of ether oxygens (including phenoxy) is 1. The van der Waals surface area contributed by atoms with Crippen molar-refractivity contribution in [2.75, 3.05) is 19.0 Å². The van der Waals surface area contributed by atoms with Gasteiger partial charge in [0, 0.05) is 24.1 Å². The molecule has 0 unspecified atom stereocenters. The maximum Gasteiger partial charge on any atom is 0.223 e. The summed E-state index contributed by atoms with van der Waals surface area (Å²) >= 11 is 0. The molecule has 1 aliphatic heterocycles. The van der Waals surface area contributed by atoms with Crippen LogP contribution in [0.1, 0.15) is 32.3 Å². The minimum atomic E-state index is -3.68. The average Bonchev–Trinajstić information content (AvgIpc) is 2.82. The number of nitrogens with zero attached hydrogens (tertiary/aromatic N) is 1. The molecular formula is C18H25FN2O4S. The Labute approximate surface area is 153 Å². The number of sulfone groups is 1. The zero-order valence-corrected chi connectivity index (χ0v) is 16.1. The molecule has 0 saturated carbocycles. The van der Waals surface area contributed by atoms with Gasteiger partial charge in [0.25, 0.3) is 0 Å². The molecule has 6 nitrogen and oxygen atoms in total. The molecule has 0 radical (unpaired) electrons. The number of aryl methyl sites for hydroxylation is 1. The van der Waals surface area contributed by atoms with Crippen LogP contribution >= 0.6 is 0 Å². The highest BCUT2D eigenvalue weighted by Gasteiger charge is 2.40. The third-order valence-electron chi connectivity index (χ3n) is 4.60. The summed E-state index contributed by atoms with van der Waals surface area (Å²) in [5.41, 5.74) is 5.70. The molecule has 1 heterocycles. The van der Waals surface area contributed by atoms with Crippen LogP contribution in [0, 0.1) is 6.92 Å². The van der Waals surface area contributed by atoms with Gasteiger partial charge in [-0.3, -0.25) is 4.79 Å². The summed E-state index contributed by atoms with van der Waals surface area (Å²) in [6.07, 6.45) is 1.40. The molecule has 1 fully saturated rings. The molecule has 26 heavy (non-hydrogen) atoms. The fourth-order valence-corrected chi connectivity index (χ4v) is 4.68. The number of carbonyl (C=O) groups is 1. The molecule has 0 atom stereocenters. The van der Waals surface area contributed by atoms with Crippen molar-refractivity contribution < 1.29 is 22.3 Å². The van der Waals surface area contributed by atoms with Gasteiger partial charge in [0.05, 0.1) is 11.2 Å². The highest BCUT2D eigenvalue weighted by molar-refractivity contribution is 7.91. The topological polar surface area (TPSA) is 89.7 Å². The summed E-state index contributed by atoms with van der Waals surface area (Å²) < 4.78 is 43.6. The molecule has 2 rings (SSSR count). The van der Waals surface area contributed by atoms with Gasteiger partial charge in [0.1, 0.15) is 18.2 Å². The van der Waals surface area contributed by atoms with Crippen molar-refractivity contribution in [3.05, 3.63) is 35.7 Å². The largest absolute Gasteiger partial charge is 0.489 e. The van der Waals surface area contributed by atoms with Crippen molar-refractivity contribution in [1.29, 1.82) is 0 Å². The number of likely N-dealkylation sites (tertiary alicyclic amines) is 1.